The molecule has 1 aromatic rings. The van der Waals surface area contributed by atoms with Crippen LogP contribution in [0.3, 0.4) is 0 Å². The molecular weight excluding hydrogens is 240 g/mol. The lowest BCUT2D eigenvalue weighted by molar-refractivity contribution is -0.128. The largest absolute Gasteiger partial charge is 0.372 e. The van der Waals surface area contributed by atoms with Crippen molar-refractivity contribution in [2.45, 2.75) is 25.8 Å². The minimum Gasteiger partial charge on any atom is -0.372 e. The fourth-order valence-corrected chi connectivity index (χ4v) is 2.79. The minimum atomic E-state index is -0.0476. The third-order valence-corrected chi connectivity index (χ3v) is 3.85. The first-order chi connectivity index (χ1) is 9.22. The number of carbonyl (C=O) groups is 2. The smallest absolute Gasteiger partial charge is 0.230 e. The molecule has 2 aliphatic rings. The van der Waals surface area contributed by atoms with Crippen LogP contribution in [-0.4, -0.2) is 36.2 Å². The number of nitrogens with zero attached hydrogens (tertiary/aromatic N) is 2. The molecule has 0 spiro atoms. The number of hydrogen-bond acceptors (Lipinski definition) is 3. The van der Waals surface area contributed by atoms with Crippen LogP contribution in [0.25, 0.3) is 0 Å². The summed E-state index contributed by atoms with van der Waals surface area (Å²) in [4.78, 5) is 26.8. The number of benzene rings is 1. The van der Waals surface area contributed by atoms with Crippen LogP contribution in [-0.2, 0) is 16.1 Å². The first-order valence-corrected chi connectivity index (χ1v) is 6.86. The summed E-state index contributed by atoms with van der Waals surface area (Å²) in [5.74, 6) is -0.0210. The van der Waals surface area contributed by atoms with Crippen LogP contribution in [0.4, 0.5) is 5.69 Å². The highest BCUT2D eigenvalue weighted by Gasteiger charge is 2.27. The van der Waals surface area contributed by atoms with Crippen LogP contribution in [0.5, 0.6) is 0 Å². The van der Waals surface area contributed by atoms with Crippen molar-refractivity contribution in [1.82, 2.24) is 4.90 Å². The van der Waals surface area contributed by atoms with Gasteiger partial charge in [0.1, 0.15) is 0 Å². The summed E-state index contributed by atoms with van der Waals surface area (Å²) >= 11 is 0. The second-order valence-corrected chi connectivity index (χ2v) is 5.33. The molecule has 2 heterocycles. The van der Waals surface area contributed by atoms with Crippen LogP contribution in [0.1, 0.15) is 24.8 Å². The van der Waals surface area contributed by atoms with E-state index in [1.165, 1.54) is 18.5 Å². The second-order valence-electron chi connectivity index (χ2n) is 5.33. The zero-order chi connectivity index (χ0) is 13.2. The van der Waals surface area contributed by atoms with Crippen molar-refractivity contribution in [3.63, 3.8) is 0 Å². The molecule has 2 saturated heterocycles. The van der Waals surface area contributed by atoms with E-state index in [-0.39, 0.29) is 24.7 Å². The van der Waals surface area contributed by atoms with Gasteiger partial charge in [0.05, 0.1) is 13.0 Å². The number of rotatable bonds is 3. The number of Topliss-reactive ketones (excluding diaryl/α,β-unsaturated/α-hetero) is 1. The maximum atomic E-state index is 11.6. The Morgan fingerprint density at radius 2 is 1.68 bits per heavy atom. The molecule has 19 heavy (non-hydrogen) atoms. The molecule has 0 atom stereocenters. The molecule has 0 N–H and O–H groups in total. The van der Waals surface area contributed by atoms with Crippen molar-refractivity contribution in [3.8, 4) is 0 Å². The van der Waals surface area contributed by atoms with Gasteiger partial charge < -0.3 is 9.80 Å². The summed E-state index contributed by atoms with van der Waals surface area (Å²) in [7, 11) is 0. The molecule has 2 fully saturated rings. The average Bonchev–Trinajstić information content (AvgIpc) is 3.01. The molecule has 0 bridgehead atoms. The Morgan fingerprint density at radius 3 is 2.26 bits per heavy atom. The number of anilines is 1. The van der Waals surface area contributed by atoms with E-state index in [9.17, 15) is 9.59 Å². The third kappa shape index (κ3) is 2.62. The van der Waals surface area contributed by atoms with Gasteiger partial charge >= 0.3 is 0 Å². The lowest BCUT2D eigenvalue weighted by Crippen LogP contribution is -2.24. The standard InChI is InChI=1S/C15H18N2O2/c18-14-9-15(19)17(11-14)10-12-3-5-13(6-4-12)16-7-1-2-8-16/h3-6H,1-2,7-11H2. The molecule has 4 nitrogen and oxygen atoms in total. The number of ketones is 1. The van der Waals surface area contributed by atoms with E-state index in [1.54, 1.807) is 4.90 Å². The van der Waals surface area contributed by atoms with Crippen LogP contribution in [0, 0.1) is 0 Å². The summed E-state index contributed by atoms with van der Waals surface area (Å²) in [5, 5.41) is 0. The van der Waals surface area contributed by atoms with E-state index >= 15 is 0 Å². The summed E-state index contributed by atoms with van der Waals surface area (Å²) in [6, 6.07) is 8.35. The summed E-state index contributed by atoms with van der Waals surface area (Å²) < 4.78 is 0. The summed E-state index contributed by atoms with van der Waals surface area (Å²) in [6.07, 6.45) is 2.62. The van der Waals surface area contributed by atoms with E-state index in [4.69, 9.17) is 0 Å². The van der Waals surface area contributed by atoms with Gasteiger partial charge in [-0.1, -0.05) is 12.1 Å². The van der Waals surface area contributed by atoms with Gasteiger partial charge in [0.25, 0.3) is 0 Å². The maximum absolute atomic E-state index is 11.6. The van der Waals surface area contributed by atoms with Crippen molar-refractivity contribution >= 4 is 17.4 Å². The van der Waals surface area contributed by atoms with Crippen molar-refractivity contribution in [2.24, 2.45) is 0 Å². The Morgan fingerprint density at radius 1 is 1.00 bits per heavy atom. The molecule has 0 saturated carbocycles. The van der Waals surface area contributed by atoms with E-state index < -0.39 is 0 Å². The molecule has 0 unspecified atom stereocenters. The lowest BCUT2D eigenvalue weighted by Gasteiger charge is -2.19. The SMILES string of the molecule is O=C1CC(=O)N(Cc2ccc(N3CCCC3)cc2)C1. The predicted octanol–water partition coefficient (Wildman–Crippen LogP) is 1.59. The Hall–Kier alpha value is -1.84. The third-order valence-electron chi connectivity index (χ3n) is 3.85. The molecule has 1 aromatic carbocycles. The van der Waals surface area contributed by atoms with Gasteiger partial charge in [-0.05, 0) is 30.5 Å². The van der Waals surface area contributed by atoms with Crippen LogP contribution in [0.2, 0.25) is 0 Å². The molecule has 0 radical (unpaired) electrons. The molecule has 4 heteroatoms. The highest BCUT2D eigenvalue weighted by atomic mass is 16.2. The Kier molecular flexibility index (Phi) is 3.23. The van der Waals surface area contributed by atoms with Crippen molar-refractivity contribution < 1.29 is 9.59 Å². The zero-order valence-electron chi connectivity index (χ0n) is 11.0. The monoisotopic (exact) mass is 258 g/mol. The van der Waals surface area contributed by atoms with Gasteiger partial charge in [-0.25, -0.2) is 0 Å². The van der Waals surface area contributed by atoms with Gasteiger partial charge in [0.2, 0.25) is 5.91 Å². The number of amides is 1. The summed E-state index contributed by atoms with van der Waals surface area (Å²) in [6.45, 7) is 3.09. The first-order valence-electron chi connectivity index (χ1n) is 6.86. The minimum absolute atomic E-state index is 0.0266. The van der Waals surface area contributed by atoms with Crippen molar-refractivity contribution in [2.75, 3.05) is 24.5 Å². The van der Waals surface area contributed by atoms with Crippen molar-refractivity contribution in [3.05, 3.63) is 29.8 Å². The predicted molar refractivity (Wildman–Crippen MR) is 72.9 cm³/mol. The van der Waals surface area contributed by atoms with Crippen LogP contribution >= 0.6 is 0 Å². The lowest BCUT2D eigenvalue weighted by atomic mass is 10.2. The van der Waals surface area contributed by atoms with E-state index in [1.807, 2.05) is 0 Å². The highest BCUT2D eigenvalue weighted by Crippen LogP contribution is 2.21. The van der Waals surface area contributed by atoms with Gasteiger partial charge in [0.15, 0.2) is 5.78 Å². The molecule has 2 aliphatic heterocycles. The molecule has 0 aromatic heterocycles. The normalized spacial score (nSPS) is 19.6. The van der Waals surface area contributed by atoms with Crippen LogP contribution in [0.15, 0.2) is 24.3 Å². The molecular formula is C15H18N2O2. The second kappa shape index (κ2) is 5.03. The fraction of sp³-hybridized carbons (Fsp3) is 0.467. The highest BCUT2D eigenvalue weighted by molar-refractivity contribution is 6.05. The van der Waals surface area contributed by atoms with Gasteiger partial charge in [-0.3, -0.25) is 9.59 Å². The Labute approximate surface area is 113 Å². The molecule has 3 rings (SSSR count). The molecule has 1 amide bonds. The quantitative estimate of drug-likeness (QED) is 0.773. The first kappa shape index (κ1) is 12.2. The van der Waals surface area contributed by atoms with Crippen LogP contribution < -0.4 is 4.90 Å². The summed E-state index contributed by atoms with van der Waals surface area (Å²) in [5.41, 5.74) is 2.34. The Balaban J connectivity index is 1.65. The molecule has 0 aliphatic carbocycles. The topological polar surface area (TPSA) is 40.6 Å². The fourth-order valence-electron chi connectivity index (χ4n) is 2.79. The van der Waals surface area contributed by atoms with Crippen molar-refractivity contribution in [1.29, 1.82) is 0 Å². The number of likely N-dealkylation sites (tertiary alicyclic amines) is 1. The molecule has 100 valence electrons. The average molecular weight is 258 g/mol. The van der Waals surface area contributed by atoms with E-state index in [0.29, 0.717) is 6.54 Å². The van der Waals surface area contributed by atoms with E-state index in [2.05, 4.69) is 29.2 Å². The number of carbonyl (C=O) groups excluding carboxylic acids is 2. The Bertz CT molecular complexity index is 489. The number of hydrogen-bond donors (Lipinski definition) is 0. The zero-order valence-corrected chi connectivity index (χ0v) is 11.0. The van der Waals surface area contributed by atoms with Gasteiger partial charge in [-0.2, -0.15) is 0 Å². The van der Waals surface area contributed by atoms with Gasteiger partial charge in [-0.15, -0.1) is 0 Å². The maximum Gasteiger partial charge on any atom is 0.230 e. The van der Waals surface area contributed by atoms with E-state index in [0.717, 1.165) is 18.7 Å². The van der Waals surface area contributed by atoms with Gasteiger partial charge in [0, 0.05) is 25.3 Å².